The normalized spacial score (nSPS) is 9.08. The van der Waals surface area contributed by atoms with E-state index in [-0.39, 0.29) is 11.1 Å². The molecule has 0 unspecified atom stereocenters. The van der Waals surface area contributed by atoms with Gasteiger partial charge in [-0.25, -0.2) is 4.39 Å². The molecule has 0 saturated heterocycles. The minimum absolute atomic E-state index is 0.0978. The molecule has 0 radical (unpaired) electrons. The highest BCUT2D eigenvalue weighted by Crippen LogP contribution is 2.12. The van der Waals surface area contributed by atoms with Gasteiger partial charge in [-0.3, -0.25) is 4.79 Å². The first-order valence-electron chi connectivity index (χ1n) is 3.34. The number of nitriles is 1. The monoisotopic (exact) mass is 163 g/mol. The lowest BCUT2D eigenvalue weighted by atomic mass is 10.1. The Balaban J connectivity index is 3.41. The topological polar surface area (TPSA) is 40.9 Å². The maximum atomic E-state index is 12.8. The van der Waals surface area contributed by atoms with Gasteiger partial charge in [-0.05, 0) is 24.6 Å². The van der Waals surface area contributed by atoms with Gasteiger partial charge >= 0.3 is 0 Å². The third kappa shape index (κ3) is 1.32. The van der Waals surface area contributed by atoms with Crippen molar-refractivity contribution >= 4 is 6.29 Å². The van der Waals surface area contributed by atoms with Crippen LogP contribution in [0.25, 0.3) is 0 Å². The van der Waals surface area contributed by atoms with Gasteiger partial charge in [0.15, 0.2) is 6.29 Å². The Morgan fingerprint density at radius 3 is 2.75 bits per heavy atom. The van der Waals surface area contributed by atoms with Gasteiger partial charge in [0.25, 0.3) is 0 Å². The van der Waals surface area contributed by atoms with Gasteiger partial charge in [0.2, 0.25) is 0 Å². The van der Waals surface area contributed by atoms with Crippen molar-refractivity contribution in [2.45, 2.75) is 6.92 Å². The summed E-state index contributed by atoms with van der Waals surface area (Å²) in [5, 5.41) is 8.53. The second-order valence-electron chi connectivity index (χ2n) is 2.42. The van der Waals surface area contributed by atoms with Gasteiger partial charge in [-0.1, -0.05) is 0 Å². The molecule has 12 heavy (non-hydrogen) atoms. The molecule has 0 N–H and O–H groups in total. The second-order valence-corrected chi connectivity index (χ2v) is 2.42. The number of aryl methyl sites for hydroxylation is 1. The van der Waals surface area contributed by atoms with E-state index in [0.29, 0.717) is 11.8 Å². The first-order valence-corrected chi connectivity index (χ1v) is 3.34. The van der Waals surface area contributed by atoms with Crippen LogP contribution in [0.15, 0.2) is 12.1 Å². The van der Waals surface area contributed by atoms with E-state index < -0.39 is 5.82 Å². The molecule has 0 atom stereocenters. The fourth-order valence-corrected chi connectivity index (χ4v) is 0.891. The van der Waals surface area contributed by atoms with E-state index in [1.54, 1.807) is 6.92 Å². The Morgan fingerprint density at radius 1 is 1.58 bits per heavy atom. The minimum Gasteiger partial charge on any atom is -0.298 e. The quantitative estimate of drug-likeness (QED) is 0.592. The van der Waals surface area contributed by atoms with Crippen LogP contribution in [0.4, 0.5) is 4.39 Å². The molecule has 0 aromatic heterocycles. The molecule has 1 rings (SSSR count). The Morgan fingerprint density at radius 2 is 2.25 bits per heavy atom. The third-order valence-corrected chi connectivity index (χ3v) is 1.58. The van der Waals surface area contributed by atoms with Gasteiger partial charge in [0, 0.05) is 5.56 Å². The van der Waals surface area contributed by atoms with Gasteiger partial charge in [0.05, 0.1) is 11.6 Å². The summed E-state index contributed by atoms with van der Waals surface area (Å²) >= 11 is 0. The van der Waals surface area contributed by atoms with E-state index >= 15 is 0 Å². The lowest BCUT2D eigenvalue weighted by molar-refractivity contribution is 0.112. The van der Waals surface area contributed by atoms with Crippen molar-refractivity contribution in [1.82, 2.24) is 0 Å². The minimum atomic E-state index is -0.462. The summed E-state index contributed by atoms with van der Waals surface area (Å²) in [7, 11) is 0. The number of hydrogen-bond donors (Lipinski definition) is 0. The van der Waals surface area contributed by atoms with Crippen LogP contribution < -0.4 is 0 Å². The summed E-state index contributed by atoms with van der Waals surface area (Å²) in [6, 6.07) is 4.25. The van der Waals surface area contributed by atoms with E-state index in [0.717, 1.165) is 6.07 Å². The molecule has 0 aliphatic heterocycles. The summed E-state index contributed by atoms with van der Waals surface area (Å²) < 4.78 is 12.8. The molecule has 0 amide bonds. The molecule has 0 aliphatic rings. The van der Waals surface area contributed by atoms with Crippen LogP contribution in [0.3, 0.4) is 0 Å². The number of nitrogens with zero attached hydrogens (tertiary/aromatic N) is 1. The lowest BCUT2D eigenvalue weighted by Crippen LogP contribution is -1.92. The van der Waals surface area contributed by atoms with E-state index in [1.165, 1.54) is 6.07 Å². The Hall–Kier alpha value is -1.69. The molecule has 0 bridgehead atoms. The van der Waals surface area contributed by atoms with Crippen molar-refractivity contribution in [3.8, 4) is 6.07 Å². The number of aldehydes is 1. The molecule has 0 aliphatic carbocycles. The average Bonchev–Trinajstić information content (AvgIpc) is 2.09. The number of halogens is 1. The highest BCUT2D eigenvalue weighted by Gasteiger charge is 2.05. The van der Waals surface area contributed by atoms with E-state index in [4.69, 9.17) is 5.26 Å². The molecule has 0 saturated carbocycles. The molecule has 0 spiro atoms. The van der Waals surface area contributed by atoms with Gasteiger partial charge in [-0.2, -0.15) is 5.26 Å². The van der Waals surface area contributed by atoms with Crippen LogP contribution in [-0.2, 0) is 0 Å². The molecule has 3 heteroatoms. The summed E-state index contributed by atoms with van der Waals surface area (Å²) in [4.78, 5) is 10.3. The average molecular weight is 163 g/mol. The summed E-state index contributed by atoms with van der Waals surface area (Å²) in [6.45, 7) is 1.55. The summed E-state index contributed by atoms with van der Waals surface area (Å²) in [6.07, 6.45) is 0.473. The van der Waals surface area contributed by atoms with Crippen molar-refractivity contribution in [2.24, 2.45) is 0 Å². The molecular formula is C9H6FNO. The molecular weight excluding hydrogens is 157 g/mol. The van der Waals surface area contributed by atoms with E-state index in [9.17, 15) is 9.18 Å². The Labute approximate surface area is 69.2 Å². The summed E-state index contributed by atoms with van der Waals surface area (Å²) in [5.41, 5.74) is 0.682. The zero-order valence-corrected chi connectivity index (χ0v) is 6.47. The Bertz CT molecular complexity index is 366. The zero-order chi connectivity index (χ0) is 9.14. The van der Waals surface area contributed by atoms with E-state index in [1.807, 2.05) is 6.07 Å². The smallest absolute Gasteiger partial charge is 0.151 e. The van der Waals surface area contributed by atoms with Crippen LogP contribution in [0.5, 0.6) is 0 Å². The lowest BCUT2D eigenvalue weighted by Gasteiger charge is -1.98. The summed E-state index contributed by atoms with van der Waals surface area (Å²) in [5.74, 6) is -0.462. The van der Waals surface area contributed by atoms with Gasteiger partial charge in [0.1, 0.15) is 5.82 Å². The molecule has 1 aromatic carbocycles. The number of benzene rings is 1. The number of carbonyl (C=O) groups excluding carboxylic acids is 1. The van der Waals surface area contributed by atoms with Crippen LogP contribution in [0.2, 0.25) is 0 Å². The van der Waals surface area contributed by atoms with Gasteiger partial charge in [-0.15, -0.1) is 0 Å². The van der Waals surface area contributed by atoms with Crippen molar-refractivity contribution in [2.75, 3.05) is 0 Å². The van der Waals surface area contributed by atoms with Crippen LogP contribution in [0, 0.1) is 24.1 Å². The second kappa shape index (κ2) is 3.14. The molecule has 0 heterocycles. The van der Waals surface area contributed by atoms with Crippen molar-refractivity contribution < 1.29 is 9.18 Å². The molecule has 60 valence electrons. The van der Waals surface area contributed by atoms with Crippen molar-refractivity contribution in [3.63, 3.8) is 0 Å². The standard InChI is InChI=1S/C9H6FNO/c1-6-2-7(4-11)8(5-12)3-9(6)10/h2-3,5H,1H3. The number of hydrogen-bond acceptors (Lipinski definition) is 2. The SMILES string of the molecule is Cc1cc(C#N)c(C=O)cc1F. The van der Waals surface area contributed by atoms with E-state index in [2.05, 4.69) is 0 Å². The van der Waals surface area contributed by atoms with Crippen molar-refractivity contribution in [1.29, 1.82) is 5.26 Å². The molecule has 1 aromatic rings. The third-order valence-electron chi connectivity index (χ3n) is 1.58. The number of carbonyl (C=O) groups is 1. The highest BCUT2D eigenvalue weighted by molar-refractivity contribution is 5.79. The number of rotatable bonds is 1. The fraction of sp³-hybridized carbons (Fsp3) is 0.111. The maximum absolute atomic E-state index is 12.8. The Kier molecular flexibility index (Phi) is 2.20. The highest BCUT2D eigenvalue weighted by atomic mass is 19.1. The van der Waals surface area contributed by atoms with Crippen molar-refractivity contribution in [3.05, 3.63) is 34.6 Å². The van der Waals surface area contributed by atoms with Crippen LogP contribution in [-0.4, -0.2) is 6.29 Å². The fourth-order valence-electron chi connectivity index (χ4n) is 0.891. The largest absolute Gasteiger partial charge is 0.298 e. The predicted molar refractivity (Wildman–Crippen MR) is 41.2 cm³/mol. The van der Waals surface area contributed by atoms with Gasteiger partial charge < -0.3 is 0 Å². The molecule has 2 nitrogen and oxygen atoms in total. The first-order chi connectivity index (χ1) is 5.69. The van der Waals surface area contributed by atoms with Crippen LogP contribution >= 0.6 is 0 Å². The zero-order valence-electron chi connectivity index (χ0n) is 6.47. The van der Waals surface area contributed by atoms with Crippen LogP contribution in [0.1, 0.15) is 21.5 Å². The maximum Gasteiger partial charge on any atom is 0.151 e. The first kappa shape index (κ1) is 8.41. The molecule has 0 fully saturated rings. The predicted octanol–water partition coefficient (Wildman–Crippen LogP) is 1.82.